The number of pyridine rings is 1. The fourth-order valence-corrected chi connectivity index (χ4v) is 1.80. The lowest BCUT2D eigenvalue weighted by molar-refractivity contribution is 1.12. The van der Waals surface area contributed by atoms with Crippen LogP contribution in [0.25, 0.3) is 0 Å². The number of halogens is 1. The third-order valence-corrected chi connectivity index (χ3v) is 3.04. The minimum atomic E-state index is -0.721. The number of hydrogen-bond donors (Lipinski definition) is 0. The largest absolute Gasteiger partial charge is 0.251 e. The van der Waals surface area contributed by atoms with Gasteiger partial charge in [-0.2, -0.15) is 0 Å². The first-order chi connectivity index (χ1) is 5.00. The third-order valence-electron chi connectivity index (χ3n) is 1.32. The second-order valence-corrected chi connectivity index (χ2v) is 7.68. The van der Waals surface area contributed by atoms with Gasteiger partial charge >= 0.3 is 0 Å². The van der Waals surface area contributed by atoms with Crippen LogP contribution in [0.1, 0.15) is 0 Å². The Labute approximate surface area is 74.1 Å². The molecule has 62 valence electrons. The van der Waals surface area contributed by atoms with Crippen molar-refractivity contribution in [3.05, 3.63) is 23.4 Å². The second-order valence-electron chi connectivity index (χ2n) is 3.15. The van der Waals surface area contributed by atoms with Gasteiger partial charge in [-0.3, -0.25) is 4.98 Å². The van der Waals surface area contributed by atoms with E-state index in [1.54, 1.807) is 12.3 Å². The summed E-state index contributed by atoms with van der Waals surface area (Å²) >= 11 is 5.82. The molecule has 0 atom stereocenters. The predicted octanol–water partition coefficient (Wildman–Crippen LogP) is 2.79. The standard InChI is InChI=1S/C8H12ClNS/c1-11(2,3)8-6-7(9)4-5-10-8/h4-6H,1-3H3. The molecule has 0 amide bonds. The Hall–Kier alpha value is -0.210. The molecular weight excluding hydrogens is 178 g/mol. The molecule has 0 saturated carbocycles. The Morgan fingerprint density at radius 1 is 1.36 bits per heavy atom. The van der Waals surface area contributed by atoms with Crippen LogP contribution in [0.3, 0.4) is 0 Å². The maximum absolute atomic E-state index is 5.82. The quantitative estimate of drug-likeness (QED) is 0.662. The van der Waals surface area contributed by atoms with Crippen molar-refractivity contribution in [2.75, 3.05) is 18.8 Å². The molecule has 0 aliphatic heterocycles. The smallest absolute Gasteiger partial charge is 0.0798 e. The van der Waals surface area contributed by atoms with Gasteiger partial charge in [0.05, 0.1) is 5.03 Å². The van der Waals surface area contributed by atoms with E-state index in [0.29, 0.717) is 0 Å². The van der Waals surface area contributed by atoms with Crippen LogP contribution in [-0.4, -0.2) is 23.8 Å². The van der Waals surface area contributed by atoms with Gasteiger partial charge in [-0.1, -0.05) is 11.6 Å². The van der Waals surface area contributed by atoms with Gasteiger partial charge in [-0.25, -0.2) is 10.0 Å². The molecule has 11 heavy (non-hydrogen) atoms. The van der Waals surface area contributed by atoms with Crippen LogP contribution in [0.2, 0.25) is 5.02 Å². The van der Waals surface area contributed by atoms with Gasteiger partial charge in [0.15, 0.2) is 0 Å². The van der Waals surface area contributed by atoms with E-state index >= 15 is 0 Å². The zero-order valence-electron chi connectivity index (χ0n) is 6.97. The molecule has 3 heteroatoms. The molecular formula is C8H12ClNS. The van der Waals surface area contributed by atoms with Gasteiger partial charge in [0.1, 0.15) is 0 Å². The first-order valence-corrected chi connectivity index (χ1v) is 6.53. The van der Waals surface area contributed by atoms with Crippen LogP contribution in [-0.2, 0) is 0 Å². The first kappa shape index (κ1) is 8.88. The average Bonchev–Trinajstić information content (AvgIpc) is 1.86. The Balaban J connectivity index is 3.06. The van der Waals surface area contributed by atoms with E-state index < -0.39 is 10.0 Å². The molecule has 0 fully saturated rings. The van der Waals surface area contributed by atoms with E-state index in [9.17, 15) is 0 Å². The maximum atomic E-state index is 5.82. The van der Waals surface area contributed by atoms with Crippen molar-refractivity contribution >= 4 is 21.6 Å². The number of rotatable bonds is 1. The molecule has 0 aromatic carbocycles. The Morgan fingerprint density at radius 2 is 2.00 bits per heavy atom. The SMILES string of the molecule is CS(C)(C)c1cc(Cl)ccn1. The molecule has 0 bridgehead atoms. The highest BCUT2D eigenvalue weighted by molar-refractivity contribution is 8.32. The van der Waals surface area contributed by atoms with Gasteiger partial charge in [-0.15, -0.1) is 0 Å². The van der Waals surface area contributed by atoms with E-state index in [1.165, 1.54) is 0 Å². The van der Waals surface area contributed by atoms with Crippen LogP contribution >= 0.6 is 21.6 Å². The van der Waals surface area contributed by atoms with Gasteiger partial charge < -0.3 is 0 Å². The van der Waals surface area contributed by atoms with Gasteiger partial charge in [0.2, 0.25) is 0 Å². The fraction of sp³-hybridized carbons (Fsp3) is 0.375. The summed E-state index contributed by atoms with van der Waals surface area (Å²) in [6.07, 6.45) is 8.36. The molecule has 1 heterocycles. The van der Waals surface area contributed by atoms with E-state index in [-0.39, 0.29) is 0 Å². The molecule has 0 N–H and O–H groups in total. The highest BCUT2D eigenvalue weighted by Gasteiger charge is 2.08. The van der Waals surface area contributed by atoms with Gasteiger partial charge in [0, 0.05) is 11.2 Å². The number of aromatic nitrogens is 1. The first-order valence-electron chi connectivity index (χ1n) is 3.30. The Kier molecular flexibility index (Phi) is 2.45. The summed E-state index contributed by atoms with van der Waals surface area (Å²) in [5.74, 6) is 0. The Morgan fingerprint density at radius 3 is 2.36 bits per heavy atom. The van der Waals surface area contributed by atoms with Crippen LogP contribution in [0.15, 0.2) is 23.4 Å². The van der Waals surface area contributed by atoms with E-state index in [1.807, 2.05) is 6.07 Å². The lowest BCUT2D eigenvalue weighted by Gasteiger charge is -2.23. The van der Waals surface area contributed by atoms with Crippen molar-refractivity contribution in [3.8, 4) is 0 Å². The number of nitrogens with zero attached hydrogens (tertiary/aromatic N) is 1. The molecule has 0 spiro atoms. The molecule has 0 aliphatic carbocycles. The van der Waals surface area contributed by atoms with Crippen molar-refractivity contribution in [2.45, 2.75) is 5.03 Å². The summed E-state index contributed by atoms with van der Waals surface area (Å²) in [7, 11) is -0.721. The number of hydrogen-bond acceptors (Lipinski definition) is 1. The van der Waals surface area contributed by atoms with E-state index in [2.05, 4.69) is 23.8 Å². The normalized spacial score (nSPS) is 13.1. The van der Waals surface area contributed by atoms with Crippen molar-refractivity contribution in [2.24, 2.45) is 0 Å². The topological polar surface area (TPSA) is 12.9 Å². The zero-order chi connectivity index (χ0) is 8.48. The van der Waals surface area contributed by atoms with E-state index in [0.717, 1.165) is 10.0 Å². The van der Waals surface area contributed by atoms with Crippen LogP contribution in [0.4, 0.5) is 0 Å². The maximum Gasteiger partial charge on any atom is 0.0798 e. The van der Waals surface area contributed by atoms with Crippen molar-refractivity contribution in [1.82, 2.24) is 4.98 Å². The third kappa shape index (κ3) is 2.38. The summed E-state index contributed by atoms with van der Waals surface area (Å²) in [6, 6.07) is 3.74. The highest BCUT2D eigenvalue weighted by Crippen LogP contribution is 2.43. The zero-order valence-corrected chi connectivity index (χ0v) is 8.54. The van der Waals surface area contributed by atoms with Crippen molar-refractivity contribution < 1.29 is 0 Å². The van der Waals surface area contributed by atoms with Gasteiger partial charge in [0.25, 0.3) is 0 Å². The lowest BCUT2D eigenvalue weighted by Crippen LogP contribution is -1.95. The Bertz CT molecular complexity index is 255. The second kappa shape index (κ2) is 3.03. The molecule has 1 aromatic heterocycles. The molecule has 0 radical (unpaired) electrons. The van der Waals surface area contributed by atoms with E-state index in [4.69, 9.17) is 11.6 Å². The predicted molar refractivity (Wildman–Crippen MR) is 52.9 cm³/mol. The highest BCUT2D eigenvalue weighted by atomic mass is 35.5. The average molecular weight is 190 g/mol. The fourth-order valence-electron chi connectivity index (χ4n) is 0.720. The summed E-state index contributed by atoms with van der Waals surface area (Å²) in [5, 5.41) is 1.89. The minimum Gasteiger partial charge on any atom is -0.251 e. The summed E-state index contributed by atoms with van der Waals surface area (Å²) in [4.78, 5) is 4.26. The van der Waals surface area contributed by atoms with Crippen molar-refractivity contribution in [3.63, 3.8) is 0 Å². The van der Waals surface area contributed by atoms with Crippen LogP contribution < -0.4 is 0 Å². The minimum absolute atomic E-state index is 0.721. The molecule has 1 nitrogen and oxygen atoms in total. The van der Waals surface area contributed by atoms with Crippen molar-refractivity contribution in [1.29, 1.82) is 0 Å². The molecule has 1 aromatic rings. The van der Waals surface area contributed by atoms with Crippen LogP contribution in [0.5, 0.6) is 0 Å². The summed E-state index contributed by atoms with van der Waals surface area (Å²) < 4.78 is 0. The van der Waals surface area contributed by atoms with Crippen LogP contribution in [0, 0.1) is 0 Å². The molecule has 0 unspecified atom stereocenters. The molecule has 0 saturated heterocycles. The summed E-state index contributed by atoms with van der Waals surface area (Å²) in [6.45, 7) is 0. The van der Waals surface area contributed by atoms with Gasteiger partial charge in [-0.05, 0) is 30.9 Å². The lowest BCUT2D eigenvalue weighted by atomic mass is 10.5. The molecule has 0 aliphatic rings. The molecule has 1 rings (SSSR count). The monoisotopic (exact) mass is 189 g/mol. The summed E-state index contributed by atoms with van der Waals surface area (Å²) in [5.41, 5.74) is 0.